The summed E-state index contributed by atoms with van der Waals surface area (Å²) in [4.78, 5) is 21.6. The maximum absolute atomic E-state index is 13.0. The van der Waals surface area contributed by atoms with Crippen LogP contribution in [0.4, 0.5) is 5.69 Å². The summed E-state index contributed by atoms with van der Waals surface area (Å²) in [5, 5.41) is 0. The van der Waals surface area contributed by atoms with Crippen molar-refractivity contribution in [3.63, 3.8) is 0 Å². The quantitative estimate of drug-likeness (QED) is 0.850. The van der Waals surface area contributed by atoms with Gasteiger partial charge in [0.15, 0.2) is 0 Å². The molecule has 1 aromatic heterocycles. The Labute approximate surface area is 155 Å². The third-order valence-electron chi connectivity index (χ3n) is 5.75. The van der Waals surface area contributed by atoms with E-state index in [1.54, 1.807) is 0 Å². The Hall–Kier alpha value is -2.14. The van der Waals surface area contributed by atoms with Crippen LogP contribution in [0.25, 0.3) is 0 Å². The Balaban J connectivity index is 1.38. The lowest BCUT2D eigenvalue weighted by Crippen LogP contribution is -2.46. The lowest BCUT2D eigenvalue weighted by molar-refractivity contribution is -0.120. The molecule has 3 heterocycles. The molecule has 0 unspecified atom stereocenters. The second-order valence-corrected chi connectivity index (χ2v) is 7.65. The summed E-state index contributed by atoms with van der Waals surface area (Å²) >= 11 is 0. The van der Waals surface area contributed by atoms with Crippen LogP contribution in [-0.2, 0) is 17.8 Å². The van der Waals surface area contributed by atoms with Crippen LogP contribution in [-0.4, -0.2) is 46.5 Å². The molecular formula is C21H28N4O. The zero-order chi connectivity index (χ0) is 17.9. The van der Waals surface area contributed by atoms with Crippen molar-refractivity contribution in [1.82, 2.24) is 14.5 Å². The van der Waals surface area contributed by atoms with Crippen molar-refractivity contribution in [3.8, 4) is 0 Å². The van der Waals surface area contributed by atoms with Gasteiger partial charge in [-0.2, -0.15) is 0 Å². The Morgan fingerprint density at radius 1 is 1.23 bits per heavy atom. The molecule has 0 spiro atoms. The third kappa shape index (κ3) is 3.68. The molecule has 1 saturated heterocycles. The van der Waals surface area contributed by atoms with E-state index in [1.807, 2.05) is 17.2 Å². The number of rotatable bonds is 4. The van der Waals surface area contributed by atoms with Gasteiger partial charge in [0.05, 0.1) is 6.54 Å². The van der Waals surface area contributed by atoms with Crippen LogP contribution in [0.1, 0.15) is 30.7 Å². The number of aryl methyl sites for hydroxylation is 2. The first-order valence-electron chi connectivity index (χ1n) is 9.79. The highest BCUT2D eigenvalue weighted by atomic mass is 16.2. The van der Waals surface area contributed by atoms with Crippen LogP contribution in [0.2, 0.25) is 0 Å². The zero-order valence-electron chi connectivity index (χ0n) is 15.6. The number of amides is 1. The average Bonchev–Trinajstić information content (AvgIpc) is 3.06. The highest BCUT2D eigenvalue weighted by Gasteiger charge is 2.26. The van der Waals surface area contributed by atoms with E-state index in [1.165, 1.54) is 18.4 Å². The second-order valence-electron chi connectivity index (χ2n) is 7.65. The second kappa shape index (κ2) is 7.62. The van der Waals surface area contributed by atoms with Gasteiger partial charge in [-0.05, 0) is 56.7 Å². The Bertz CT molecular complexity index is 769. The number of hydrogen-bond donors (Lipinski definition) is 0. The van der Waals surface area contributed by atoms with Gasteiger partial charge in [0, 0.05) is 37.7 Å². The predicted molar refractivity (Wildman–Crippen MR) is 103 cm³/mol. The molecule has 26 heavy (non-hydrogen) atoms. The first-order valence-corrected chi connectivity index (χ1v) is 9.79. The number of benzene rings is 1. The lowest BCUT2D eigenvalue weighted by Gasteiger charge is -2.35. The van der Waals surface area contributed by atoms with Crippen LogP contribution in [0.15, 0.2) is 36.7 Å². The topological polar surface area (TPSA) is 41.4 Å². The molecule has 138 valence electrons. The van der Waals surface area contributed by atoms with Gasteiger partial charge in [0.25, 0.3) is 0 Å². The molecule has 0 saturated carbocycles. The fourth-order valence-electron chi connectivity index (χ4n) is 4.39. The largest absolute Gasteiger partial charge is 0.335 e. The summed E-state index contributed by atoms with van der Waals surface area (Å²) in [5.74, 6) is 1.91. The molecule has 1 aromatic carbocycles. The summed E-state index contributed by atoms with van der Waals surface area (Å²) < 4.78 is 2.23. The van der Waals surface area contributed by atoms with E-state index in [2.05, 4.69) is 45.8 Å². The molecule has 1 amide bonds. The minimum atomic E-state index is 0.247. The Morgan fingerprint density at radius 2 is 2.12 bits per heavy atom. The highest BCUT2D eigenvalue weighted by molar-refractivity contribution is 5.95. The van der Waals surface area contributed by atoms with E-state index in [0.29, 0.717) is 12.5 Å². The Kier molecular flexibility index (Phi) is 5.07. The normalized spacial score (nSPS) is 20.8. The van der Waals surface area contributed by atoms with Crippen molar-refractivity contribution in [2.75, 3.05) is 31.1 Å². The average molecular weight is 352 g/mol. The van der Waals surface area contributed by atoms with E-state index in [4.69, 9.17) is 0 Å². The molecule has 1 atom stereocenters. The minimum Gasteiger partial charge on any atom is -0.335 e. The van der Waals surface area contributed by atoms with Gasteiger partial charge in [0.1, 0.15) is 5.82 Å². The molecule has 0 aliphatic carbocycles. The monoisotopic (exact) mass is 352 g/mol. The fraction of sp³-hybridized carbons (Fsp3) is 0.524. The predicted octanol–water partition coefficient (Wildman–Crippen LogP) is 2.88. The number of piperidine rings is 1. The first kappa shape index (κ1) is 17.3. The summed E-state index contributed by atoms with van der Waals surface area (Å²) in [7, 11) is 0. The van der Waals surface area contributed by atoms with Gasteiger partial charge < -0.3 is 9.47 Å². The van der Waals surface area contributed by atoms with E-state index >= 15 is 0 Å². The molecule has 4 rings (SSSR count). The minimum absolute atomic E-state index is 0.247. The number of anilines is 1. The number of fused-ring (bicyclic) bond motifs is 1. The highest BCUT2D eigenvalue weighted by Crippen LogP contribution is 2.27. The van der Waals surface area contributed by atoms with Crippen molar-refractivity contribution in [2.24, 2.45) is 5.92 Å². The first-order chi connectivity index (χ1) is 12.7. The summed E-state index contributed by atoms with van der Waals surface area (Å²) in [6.07, 6.45) is 8.47. The van der Waals surface area contributed by atoms with Gasteiger partial charge in [-0.3, -0.25) is 9.69 Å². The molecule has 2 aromatic rings. The molecule has 1 fully saturated rings. The molecule has 5 nitrogen and oxygen atoms in total. The number of likely N-dealkylation sites (tertiary alicyclic amines) is 1. The van der Waals surface area contributed by atoms with Crippen LogP contribution >= 0.6 is 0 Å². The maximum atomic E-state index is 13.0. The molecule has 5 heteroatoms. The van der Waals surface area contributed by atoms with E-state index in [0.717, 1.165) is 50.5 Å². The zero-order valence-corrected chi connectivity index (χ0v) is 15.6. The van der Waals surface area contributed by atoms with Gasteiger partial charge >= 0.3 is 0 Å². The van der Waals surface area contributed by atoms with Crippen molar-refractivity contribution < 1.29 is 4.79 Å². The molecular weight excluding hydrogens is 324 g/mol. The van der Waals surface area contributed by atoms with Crippen LogP contribution < -0.4 is 4.90 Å². The number of nitrogens with zero attached hydrogens (tertiary/aromatic N) is 4. The van der Waals surface area contributed by atoms with Crippen LogP contribution in [0.5, 0.6) is 0 Å². The lowest BCUT2D eigenvalue weighted by atomic mass is 9.97. The van der Waals surface area contributed by atoms with Gasteiger partial charge in [-0.25, -0.2) is 4.98 Å². The summed E-state index contributed by atoms with van der Waals surface area (Å²) in [6, 6.07) is 8.35. The van der Waals surface area contributed by atoms with Crippen LogP contribution in [0.3, 0.4) is 0 Å². The van der Waals surface area contributed by atoms with Crippen LogP contribution in [0, 0.1) is 12.8 Å². The molecule has 2 aliphatic heterocycles. The molecule has 0 bridgehead atoms. The van der Waals surface area contributed by atoms with Crippen molar-refractivity contribution in [2.45, 2.75) is 39.2 Å². The third-order valence-corrected chi connectivity index (χ3v) is 5.75. The fourth-order valence-corrected chi connectivity index (χ4v) is 4.39. The SMILES string of the molecule is Cc1nccn1C[C@@H]1CCCN(CC(=O)N2CCCc3ccccc32)C1. The van der Waals surface area contributed by atoms with E-state index < -0.39 is 0 Å². The van der Waals surface area contributed by atoms with Gasteiger partial charge in [0.2, 0.25) is 5.91 Å². The van der Waals surface area contributed by atoms with Crippen molar-refractivity contribution >= 4 is 11.6 Å². The smallest absolute Gasteiger partial charge is 0.241 e. The van der Waals surface area contributed by atoms with Crippen molar-refractivity contribution in [3.05, 3.63) is 48.0 Å². The summed E-state index contributed by atoms with van der Waals surface area (Å²) in [5.41, 5.74) is 2.42. The molecule has 0 radical (unpaired) electrons. The van der Waals surface area contributed by atoms with Gasteiger partial charge in [-0.1, -0.05) is 18.2 Å². The van der Waals surface area contributed by atoms with Gasteiger partial charge in [-0.15, -0.1) is 0 Å². The van der Waals surface area contributed by atoms with Crippen molar-refractivity contribution in [1.29, 1.82) is 0 Å². The number of carbonyl (C=O) groups excluding carboxylic acids is 1. The summed E-state index contributed by atoms with van der Waals surface area (Å²) in [6.45, 7) is 6.47. The number of hydrogen-bond acceptors (Lipinski definition) is 3. The maximum Gasteiger partial charge on any atom is 0.241 e. The molecule has 2 aliphatic rings. The van der Waals surface area contributed by atoms with E-state index in [-0.39, 0.29) is 5.91 Å². The van der Waals surface area contributed by atoms with E-state index in [9.17, 15) is 4.79 Å². The number of aromatic nitrogens is 2. The number of para-hydroxylation sites is 1. The molecule has 0 N–H and O–H groups in total. The number of carbonyl (C=O) groups is 1. The standard InChI is InChI=1S/C21H28N4O/c1-17-22-10-13-24(17)15-18-6-4-11-23(14-18)16-21(26)25-12-5-8-19-7-2-3-9-20(19)25/h2-3,7,9-10,13,18H,4-6,8,11-12,14-16H2,1H3/t18-/m1/s1. The number of imidazole rings is 1. The Morgan fingerprint density at radius 3 is 2.96 bits per heavy atom.